The molecule has 0 unspecified atom stereocenters. The minimum absolute atomic E-state index is 0. The zero-order valence-corrected chi connectivity index (χ0v) is 20.6. The first-order valence-corrected chi connectivity index (χ1v) is 10.6. The summed E-state index contributed by atoms with van der Waals surface area (Å²) in [7, 11) is 1.77. The van der Waals surface area contributed by atoms with Gasteiger partial charge in [-0.25, -0.2) is 0 Å². The number of ether oxygens (including phenoxy) is 1. The topological polar surface area (TPSA) is 74.9 Å². The van der Waals surface area contributed by atoms with Crippen molar-refractivity contribution in [3.63, 3.8) is 0 Å². The summed E-state index contributed by atoms with van der Waals surface area (Å²) < 4.78 is 10.9. The van der Waals surface area contributed by atoms with Crippen LogP contribution in [0.25, 0.3) is 11.3 Å². The van der Waals surface area contributed by atoms with Crippen LogP contribution >= 0.6 is 24.0 Å². The maximum atomic E-state index is 5.47. The van der Waals surface area contributed by atoms with Crippen LogP contribution in [0.5, 0.6) is 0 Å². The van der Waals surface area contributed by atoms with Gasteiger partial charge in [0.05, 0.1) is 19.8 Å². The minimum Gasteiger partial charge on any atom is -0.379 e. The lowest BCUT2D eigenvalue weighted by molar-refractivity contribution is 0.0341. The quantitative estimate of drug-likeness (QED) is 0.267. The molecule has 2 aromatic carbocycles. The zero-order chi connectivity index (χ0) is 21.3. The van der Waals surface area contributed by atoms with Gasteiger partial charge in [0, 0.05) is 44.9 Å². The van der Waals surface area contributed by atoms with Gasteiger partial charge in [-0.15, -0.1) is 24.0 Å². The number of benzene rings is 2. The number of guanidine groups is 1. The van der Waals surface area contributed by atoms with Crippen molar-refractivity contribution >= 4 is 29.9 Å². The largest absolute Gasteiger partial charge is 0.379 e. The molecule has 3 aromatic rings. The molecular weight excluding hydrogens is 517 g/mol. The molecule has 170 valence electrons. The van der Waals surface area contributed by atoms with Crippen LogP contribution in [0.1, 0.15) is 16.8 Å². The third-order valence-corrected chi connectivity index (χ3v) is 5.34. The number of hydrogen-bond donors (Lipinski definition) is 2. The first kappa shape index (κ1) is 24.2. The van der Waals surface area contributed by atoms with E-state index in [1.807, 2.05) is 36.4 Å². The number of nitrogens with zero attached hydrogens (tertiary/aromatic N) is 3. The van der Waals surface area contributed by atoms with Gasteiger partial charge in [0.15, 0.2) is 11.7 Å². The number of halogens is 1. The molecule has 0 aliphatic carbocycles. The first-order chi connectivity index (χ1) is 15.3. The van der Waals surface area contributed by atoms with Gasteiger partial charge in [0.1, 0.15) is 5.69 Å². The van der Waals surface area contributed by atoms with Gasteiger partial charge < -0.3 is 19.9 Å². The number of nitrogens with one attached hydrogen (secondary N) is 2. The summed E-state index contributed by atoms with van der Waals surface area (Å²) in [6.07, 6.45) is 0. The maximum Gasteiger partial charge on any atom is 0.191 e. The van der Waals surface area contributed by atoms with Crippen molar-refractivity contribution in [2.45, 2.75) is 19.6 Å². The maximum absolute atomic E-state index is 5.47. The van der Waals surface area contributed by atoms with E-state index in [4.69, 9.17) is 9.26 Å². The van der Waals surface area contributed by atoms with Gasteiger partial charge in [-0.3, -0.25) is 9.89 Å². The van der Waals surface area contributed by atoms with Crippen molar-refractivity contribution < 1.29 is 9.26 Å². The van der Waals surface area contributed by atoms with Crippen LogP contribution in [-0.4, -0.2) is 49.4 Å². The number of aromatic nitrogens is 1. The highest BCUT2D eigenvalue weighted by atomic mass is 127. The average Bonchev–Trinajstić information content (AvgIpc) is 3.30. The van der Waals surface area contributed by atoms with Crippen molar-refractivity contribution in [2.24, 2.45) is 4.99 Å². The fraction of sp³-hybridized carbons (Fsp3) is 0.333. The van der Waals surface area contributed by atoms with Crippen LogP contribution in [0, 0.1) is 0 Å². The van der Waals surface area contributed by atoms with Crippen molar-refractivity contribution in [3.05, 3.63) is 77.5 Å². The highest BCUT2D eigenvalue weighted by Gasteiger charge is 2.13. The normalized spacial score (nSPS) is 14.6. The minimum atomic E-state index is 0. The monoisotopic (exact) mass is 547 g/mol. The molecular formula is C24H30IN5O2. The highest BCUT2D eigenvalue weighted by molar-refractivity contribution is 14.0. The molecule has 4 rings (SSSR count). The number of morpholine rings is 1. The second-order valence-corrected chi connectivity index (χ2v) is 7.49. The smallest absolute Gasteiger partial charge is 0.191 e. The molecule has 8 heteroatoms. The van der Waals surface area contributed by atoms with Gasteiger partial charge in [-0.05, 0) is 11.1 Å². The number of rotatable bonds is 7. The predicted molar refractivity (Wildman–Crippen MR) is 137 cm³/mol. The highest BCUT2D eigenvalue weighted by Crippen LogP contribution is 2.19. The summed E-state index contributed by atoms with van der Waals surface area (Å²) in [5.74, 6) is 1.49. The van der Waals surface area contributed by atoms with Crippen molar-refractivity contribution in [3.8, 4) is 11.3 Å². The molecule has 1 saturated heterocycles. The summed E-state index contributed by atoms with van der Waals surface area (Å²) in [4.78, 5) is 6.77. The Bertz CT molecular complexity index is 987. The van der Waals surface area contributed by atoms with E-state index >= 15 is 0 Å². The Morgan fingerprint density at radius 1 is 0.969 bits per heavy atom. The van der Waals surface area contributed by atoms with Crippen molar-refractivity contribution in [1.82, 2.24) is 20.7 Å². The summed E-state index contributed by atoms with van der Waals surface area (Å²) in [6, 6.07) is 20.5. The Hall–Kier alpha value is -2.43. The lowest BCUT2D eigenvalue weighted by Gasteiger charge is -2.27. The van der Waals surface area contributed by atoms with Gasteiger partial charge >= 0.3 is 0 Å². The van der Waals surface area contributed by atoms with E-state index < -0.39 is 0 Å². The Kier molecular flexibility index (Phi) is 9.51. The van der Waals surface area contributed by atoms with Gasteiger partial charge in [-0.1, -0.05) is 59.8 Å². The van der Waals surface area contributed by atoms with E-state index in [-0.39, 0.29) is 24.0 Å². The number of hydrogen-bond acceptors (Lipinski definition) is 5. The van der Waals surface area contributed by atoms with Gasteiger partial charge in [0.25, 0.3) is 0 Å². The van der Waals surface area contributed by atoms with Crippen LogP contribution in [0.2, 0.25) is 0 Å². The average molecular weight is 547 g/mol. The van der Waals surface area contributed by atoms with E-state index in [1.165, 1.54) is 11.1 Å². The summed E-state index contributed by atoms with van der Waals surface area (Å²) >= 11 is 0. The van der Waals surface area contributed by atoms with Crippen LogP contribution in [0.4, 0.5) is 0 Å². The molecule has 0 bridgehead atoms. The molecule has 0 saturated carbocycles. The van der Waals surface area contributed by atoms with Crippen molar-refractivity contribution in [1.29, 1.82) is 0 Å². The van der Waals surface area contributed by atoms with Crippen LogP contribution in [0.15, 0.2) is 70.2 Å². The first-order valence-electron chi connectivity index (χ1n) is 10.6. The van der Waals surface area contributed by atoms with Crippen LogP contribution in [0.3, 0.4) is 0 Å². The molecule has 0 atom stereocenters. The molecule has 1 aromatic heterocycles. The molecule has 2 heterocycles. The number of aliphatic imine (C=N–C) groups is 1. The van der Waals surface area contributed by atoms with Gasteiger partial charge in [-0.2, -0.15) is 0 Å². The molecule has 0 spiro atoms. The zero-order valence-electron chi connectivity index (χ0n) is 18.3. The van der Waals surface area contributed by atoms with Crippen LogP contribution < -0.4 is 10.6 Å². The Morgan fingerprint density at radius 2 is 1.66 bits per heavy atom. The lowest BCUT2D eigenvalue weighted by atomic mass is 10.1. The summed E-state index contributed by atoms with van der Waals surface area (Å²) in [5.41, 5.74) is 4.44. The molecule has 1 aliphatic heterocycles. The predicted octanol–water partition coefficient (Wildman–Crippen LogP) is 3.66. The van der Waals surface area contributed by atoms with Gasteiger partial charge in [0.2, 0.25) is 0 Å². The fourth-order valence-corrected chi connectivity index (χ4v) is 3.59. The second-order valence-electron chi connectivity index (χ2n) is 7.49. The van der Waals surface area contributed by atoms with E-state index in [9.17, 15) is 0 Å². The third-order valence-electron chi connectivity index (χ3n) is 5.34. The molecule has 0 amide bonds. The molecule has 32 heavy (non-hydrogen) atoms. The van der Waals surface area contributed by atoms with E-state index in [0.717, 1.165) is 55.8 Å². The molecule has 1 fully saturated rings. The molecule has 2 N–H and O–H groups in total. The second kappa shape index (κ2) is 12.6. The van der Waals surface area contributed by atoms with E-state index in [0.29, 0.717) is 13.1 Å². The van der Waals surface area contributed by atoms with E-state index in [1.54, 1.807) is 7.05 Å². The lowest BCUT2D eigenvalue weighted by Crippen LogP contribution is -2.37. The fourth-order valence-electron chi connectivity index (χ4n) is 3.59. The molecule has 0 radical (unpaired) electrons. The summed E-state index contributed by atoms with van der Waals surface area (Å²) in [5, 5.41) is 10.9. The Labute approximate surface area is 206 Å². The summed E-state index contributed by atoms with van der Waals surface area (Å²) in [6.45, 7) is 5.76. The molecule has 1 aliphatic rings. The van der Waals surface area contributed by atoms with Crippen molar-refractivity contribution in [2.75, 3.05) is 33.4 Å². The molecule has 7 nitrogen and oxygen atoms in total. The Balaban J connectivity index is 0.00000289. The van der Waals surface area contributed by atoms with E-state index in [2.05, 4.69) is 49.9 Å². The van der Waals surface area contributed by atoms with Crippen LogP contribution in [-0.2, 0) is 24.4 Å². The third kappa shape index (κ3) is 6.78. The standard InChI is InChI=1S/C24H29N5O2.HI/c1-25-24(27-17-22-15-23(31-28-22)19-7-3-2-4-8-19)26-16-20-9-5-6-10-21(20)18-29-11-13-30-14-12-29;/h2-10,15H,11-14,16-18H2,1H3,(H2,25,26,27);1H. The Morgan fingerprint density at radius 3 is 2.41 bits per heavy atom. The SMILES string of the molecule is CN=C(NCc1cc(-c2ccccc2)on1)NCc1ccccc1CN1CCOCC1.I.